The summed E-state index contributed by atoms with van der Waals surface area (Å²) in [7, 11) is 0. The number of carboxylic acid groups (broad SMARTS) is 3. The number of carbonyl (C=O) groups excluding carboxylic acids is 7. The predicted molar refractivity (Wildman–Crippen MR) is 245 cm³/mol. The SMILES string of the molecule is CSCC[C@H](NC(=O)Nc1ccc(CNC(=O)CN2CCN(CC(=O)O)CCN(CC(=O)O)CCN3CC(=O)O[C-]3C2)cc1)C(=O)C[C@H](C)C(=O)N[C@@H](CCCCN1C(=O)CC(C)C1=O)C(=O)O.[Gd]. The first-order valence-electron chi connectivity index (χ1n) is 22.6. The zero-order chi connectivity index (χ0) is 49.9. The number of hydrogen-bond acceptors (Lipinski definition) is 16. The summed E-state index contributed by atoms with van der Waals surface area (Å²) in [6, 6.07) is 3.73. The van der Waals surface area contributed by atoms with E-state index in [-0.39, 0.29) is 174 Å². The summed E-state index contributed by atoms with van der Waals surface area (Å²) in [5.74, 6) is -6.54. The molecule has 4 rings (SSSR count). The standard InChI is InChI=1S/C44H64N9O14S.Gd/c1-28(41(62)47-33(43(64)65)6-4-5-12-53-36(56)21-29(2)42(53)63)20-34(54)32(11-19-68-3)48-44(66)46-31-9-7-30(8-10-31)22-45-35(55)23-51-16-15-49(25-38(57)58)13-14-50(26-39(59)60)17-18-52-27-40(61)67-37(52)24-51;/h7-10,28-29,32-33H,4-6,11-27H2,1-3H3,(H,45,55)(H,47,62)(H,57,58)(H,59,60)(H,64,65)(H2,46,48,66);/q-1;/t28-,29?,32-,33-;/m0./s1. The molecular weight excluding hydrogens is 1070 g/mol. The van der Waals surface area contributed by atoms with E-state index in [1.807, 2.05) is 6.26 Å². The molecule has 69 heavy (non-hydrogen) atoms. The van der Waals surface area contributed by atoms with Gasteiger partial charge in [0.2, 0.25) is 23.6 Å². The molecule has 3 aliphatic heterocycles. The van der Waals surface area contributed by atoms with Crippen LogP contribution in [0.2, 0.25) is 0 Å². The molecule has 4 atom stereocenters. The zero-order valence-corrected chi connectivity index (χ0v) is 42.2. The van der Waals surface area contributed by atoms with Crippen LogP contribution in [0, 0.1) is 58.0 Å². The quantitative estimate of drug-likeness (QED) is 0.0303. The number of amides is 6. The first-order chi connectivity index (χ1) is 32.3. The summed E-state index contributed by atoms with van der Waals surface area (Å²) >= 11 is 1.46. The minimum atomic E-state index is -1.26. The molecule has 1 aromatic carbocycles. The molecule has 0 aliphatic carbocycles. The summed E-state index contributed by atoms with van der Waals surface area (Å²) in [5.41, 5.74) is 1.08. The first kappa shape index (κ1) is 58.9. The average molecular weight is 1130 g/mol. The van der Waals surface area contributed by atoms with Gasteiger partial charge in [-0.1, -0.05) is 38.8 Å². The van der Waals surface area contributed by atoms with E-state index in [1.54, 1.807) is 50.8 Å². The Bertz CT molecular complexity index is 1980. The molecule has 23 nitrogen and oxygen atoms in total. The second-order valence-corrected chi connectivity index (χ2v) is 18.2. The van der Waals surface area contributed by atoms with Crippen molar-refractivity contribution in [3.8, 4) is 0 Å². The van der Waals surface area contributed by atoms with Gasteiger partial charge in [-0.15, -0.1) is 0 Å². The minimum absolute atomic E-state index is 0. The molecule has 384 valence electrons. The number of ketones is 1. The van der Waals surface area contributed by atoms with Gasteiger partial charge in [-0.25, -0.2) is 9.59 Å². The monoisotopic (exact) mass is 1130 g/mol. The molecule has 3 heterocycles. The molecule has 0 spiro atoms. The van der Waals surface area contributed by atoms with Gasteiger partial charge >= 0.3 is 23.9 Å². The number of imide groups is 1. The Morgan fingerprint density at radius 1 is 0.826 bits per heavy atom. The zero-order valence-electron chi connectivity index (χ0n) is 39.1. The van der Waals surface area contributed by atoms with Gasteiger partial charge in [-0.2, -0.15) is 11.8 Å². The van der Waals surface area contributed by atoms with Crippen LogP contribution in [0.4, 0.5) is 10.5 Å². The Morgan fingerprint density at radius 2 is 1.45 bits per heavy atom. The molecule has 3 fully saturated rings. The number of anilines is 1. The minimum Gasteiger partial charge on any atom is -0.617 e. The van der Waals surface area contributed by atoms with Crippen molar-refractivity contribution in [1.82, 2.24) is 40.4 Å². The molecule has 0 bridgehead atoms. The second-order valence-electron chi connectivity index (χ2n) is 17.2. The number of Topliss-reactive ketones (excluding diaryl/α,β-unsaturated/α-hetero) is 1. The van der Waals surface area contributed by atoms with E-state index < -0.39 is 59.6 Å². The number of ether oxygens (including phenoxy) is 1. The fourth-order valence-electron chi connectivity index (χ4n) is 7.81. The molecule has 6 amide bonds. The van der Waals surface area contributed by atoms with Crippen molar-refractivity contribution in [3.05, 3.63) is 36.1 Å². The Balaban J connectivity index is 0.0000126. The number of carbonyl (C=O) groups is 10. The van der Waals surface area contributed by atoms with Crippen LogP contribution in [0.25, 0.3) is 0 Å². The Hall–Kier alpha value is -4.37. The number of urea groups is 1. The Kier molecular flexibility index (Phi) is 25.4. The summed E-state index contributed by atoms with van der Waals surface area (Å²) in [6.07, 6.45) is 3.06. The number of thioether (sulfide) groups is 1. The number of hydrogen-bond donors (Lipinski definition) is 7. The number of fused-ring (bicyclic) bond motifs is 1. The van der Waals surface area contributed by atoms with Crippen molar-refractivity contribution in [2.75, 3.05) is 95.9 Å². The van der Waals surface area contributed by atoms with Crippen LogP contribution in [0.5, 0.6) is 0 Å². The van der Waals surface area contributed by atoms with Crippen molar-refractivity contribution in [3.63, 3.8) is 0 Å². The molecule has 0 saturated carbocycles. The topological polar surface area (TPSA) is 305 Å². The van der Waals surface area contributed by atoms with E-state index >= 15 is 0 Å². The number of rotatable bonds is 24. The van der Waals surface area contributed by atoms with Gasteiger partial charge in [0.1, 0.15) is 6.04 Å². The first-order valence-corrected chi connectivity index (χ1v) is 23.9. The van der Waals surface area contributed by atoms with E-state index in [1.165, 1.54) is 23.6 Å². The number of nitrogens with one attached hydrogen (secondary N) is 4. The molecule has 7 N–H and O–H groups in total. The number of carboxylic acids is 3. The third-order valence-corrected chi connectivity index (χ3v) is 12.3. The van der Waals surface area contributed by atoms with Crippen LogP contribution in [0.1, 0.15) is 57.9 Å². The fraction of sp³-hybridized carbons (Fsp3) is 0.614. The summed E-state index contributed by atoms with van der Waals surface area (Å²) < 4.78 is 5.47. The molecule has 0 aromatic heterocycles. The maximum atomic E-state index is 13.4. The molecular formula is C44H64GdN9O14S-. The largest absolute Gasteiger partial charge is 0.617 e. The molecule has 1 aromatic rings. The van der Waals surface area contributed by atoms with Crippen molar-refractivity contribution in [2.45, 2.75) is 71.0 Å². The van der Waals surface area contributed by atoms with E-state index in [0.29, 0.717) is 36.1 Å². The van der Waals surface area contributed by atoms with E-state index in [0.717, 1.165) is 0 Å². The third-order valence-electron chi connectivity index (χ3n) is 11.7. The van der Waals surface area contributed by atoms with E-state index in [9.17, 15) is 63.3 Å². The van der Waals surface area contributed by atoms with Crippen LogP contribution in [-0.4, -0.2) is 202 Å². The number of unbranched alkanes of at least 4 members (excludes halogenated alkanes) is 1. The summed E-state index contributed by atoms with van der Waals surface area (Å²) in [4.78, 5) is 132. The van der Waals surface area contributed by atoms with Gasteiger partial charge in [-0.3, -0.25) is 53.1 Å². The van der Waals surface area contributed by atoms with Crippen molar-refractivity contribution in [2.24, 2.45) is 11.8 Å². The predicted octanol–water partition coefficient (Wildman–Crippen LogP) is -0.287. The number of nitrogens with zero attached hydrogens (tertiary/aromatic N) is 5. The number of esters is 1. The third kappa shape index (κ3) is 20.5. The van der Waals surface area contributed by atoms with E-state index in [2.05, 4.69) is 21.3 Å². The van der Waals surface area contributed by atoms with Crippen LogP contribution in [-0.2, 0) is 54.4 Å². The van der Waals surface area contributed by atoms with E-state index in [4.69, 9.17) is 4.74 Å². The molecule has 3 aliphatic rings. The normalized spacial score (nSPS) is 19.1. The Morgan fingerprint density at radius 3 is 2.03 bits per heavy atom. The van der Waals surface area contributed by atoms with Crippen LogP contribution in [0.3, 0.4) is 0 Å². The van der Waals surface area contributed by atoms with Crippen LogP contribution >= 0.6 is 11.8 Å². The maximum absolute atomic E-state index is 13.4. The van der Waals surface area contributed by atoms with Gasteiger partial charge in [0, 0.05) is 116 Å². The van der Waals surface area contributed by atoms with Gasteiger partial charge < -0.3 is 51.1 Å². The molecule has 1 unspecified atom stereocenters. The molecule has 25 heteroatoms. The summed E-state index contributed by atoms with van der Waals surface area (Å²) in [5, 5.41) is 39.4. The summed E-state index contributed by atoms with van der Waals surface area (Å²) in [6.45, 7) is 4.43. The van der Waals surface area contributed by atoms with Crippen molar-refractivity contribution in [1.29, 1.82) is 0 Å². The van der Waals surface area contributed by atoms with Gasteiger partial charge in [0.15, 0.2) is 5.78 Å². The number of benzene rings is 1. The van der Waals surface area contributed by atoms with Gasteiger partial charge in [-0.05, 0) is 61.9 Å². The van der Waals surface area contributed by atoms with Crippen LogP contribution < -0.4 is 21.3 Å². The van der Waals surface area contributed by atoms with Crippen LogP contribution in [0.15, 0.2) is 24.3 Å². The number of likely N-dealkylation sites (tertiary alicyclic amines) is 1. The molecule has 0 radical (unpaired) electrons. The van der Waals surface area contributed by atoms with Gasteiger partial charge in [0.05, 0.1) is 32.2 Å². The maximum Gasteiger partial charge on any atom is 0.326 e. The van der Waals surface area contributed by atoms with Crippen molar-refractivity contribution >= 4 is 76.8 Å². The molecule has 3 saturated heterocycles. The second kappa shape index (κ2) is 29.7. The number of aliphatic carboxylic acids is 3. The average Bonchev–Trinajstić information content (AvgIpc) is 3.75. The van der Waals surface area contributed by atoms with Crippen molar-refractivity contribution < 1.29 is 108 Å². The van der Waals surface area contributed by atoms with Gasteiger partial charge in [0.25, 0.3) is 5.97 Å². The Labute approximate surface area is 437 Å². The smallest absolute Gasteiger partial charge is 0.326 e. The fourth-order valence-corrected chi connectivity index (χ4v) is 8.29.